The van der Waals surface area contributed by atoms with E-state index in [2.05, 4.69) is 31.3 Å². The van der Waals surface area contributed by atoms with E-state index >= 15 is 0 Å². The summed E-state index contributed by atoms with van der Waals surface area (Å²) in [6.07, 6.45) is 43.5. The molecule has 3 fully saturated rings. The molecule has 3 saturated heterocycles. The zero-order chi connectivity index (χ0) is 70.4. The Morgan fingerprint density at radius 3 is 1.00 bits per heavy atom. The molecule has 12 N–H and O–H groups in total. The number of amides is 1. The van der Waals surface area contributed by atoms with E-state index in [1.54, 1.807) is 0 Å². The van der Waals surface area contributed by atoms with Crippen LogP contribution in [0.1, 0.15) is 348 Å². The van der Waals surface area contributed by atoms with E-state index in [4.69, 9.17) is 28.4 Å². The molecule has 17 atom stereocenters. The summed E-state index contributed by atoms with van der Waals surface area (Å²) in [6.45, 7) is 1.83. The minimum atomic E-state index is -1.97. The highest BCUT2D eigenvalue weighted by atomic mass is 16.8. The molecule has 574 valence electrons. The molecule has 0 bridgehead atoms. The number of nitrogens with one attached hydrogen (secondary N) is 1. The maximum absolute atomic E-state index is 13.4. The first-order valence-electron chi connectivity index (χ1n) is 40.4. The summed E-state index contributed by atoms with van der Waals surface area (Å²) < 4.78 is 34.4. The lowest BCUT2D eigenvalue weighted by Crippen LogP contribution is -2.66. The summed E-state index contributed by atoms with van der Waals surface area (Å²) in [5.74, 6) is -0.236. The summed E-state index contributed by atoms with van der Waals surface area (Å²) >= 11 is 0. The van der Waals surface area contributed by atoms with Gasteiger partial charge in [-0.15, -0.1) is 0 Å². The van der Waals surface area contributed by atoms with Crippen molar-refractivity contribution < 1.29 is 89.4 Å². The van der Waals surface area contributed by atoms with Crippen molar-refractivity contribution in [2.24, 2.45) is 0 Å². The maximum atomic E-state index is 13.4. The van der Waals surface area contributed by atoms with Gasteiger partial charge in [-0.1, -0.05) is 315 Å². The Hall–Kier alpha value is -1.47. The molecule has 0 radical (unpaired) electrons. The maximum Gasteiger partial charge on any atom is 0.220 e. The Bertz CT molecular complexity index is 1800. The molecule has 1 amide bonds. The number of allylic oxidation sites excluding steroid dienone is 2. The van der Waals surface area contributed by atoms with E-state index in [9.17, 15) is 61.0 Å². The van der Waals surface area contributed by atoms with Crippen LogP contribution in [0.2, 0.25) is 0 Å². The summed E-state index contributed by atoms with van der Waals surface area (Å²) in [4.78, 5) is 13.4. The number of aliphatic hydroxyl groups excluding tert-OH is 11. The number of carbonyl (C=O) groups is 1. The number of hydrogen-bond donors (Lipinski definition) is 12. The number of rotatable bonds is 65. The first kappa shape index (κ1) is 89.7. The summed E-state index contributed by atoms with van der Waals surface area (Å²) in [5, 5.41) is 121. The first-order chi connectivity index (χ1) is 47.3. The number of aliphatic hydroxyl groups is 11. The Balaban J connectivity index is 1.27. The third-order valence-corrected chi connectivity index (χ3v) is 20.6. The fourth-order valence-corrected chi connectivity index (χ4v) is 14.1. The zero-order valence-electron chi connectivity index (χ0n) is 61.3. The van der Waals surface area contributed by atoms with Gasteiger partial charge in [-0.25, -0.2) is 0 Å². The summed E-state index contributed by atoms with van der Waals surface area (Å²) in [7, 11) is 0. The molecule has 3 rings (SSSR count). The lowest BCUT2D eigenvalue weighted by atomic mass is 9.96. The van der Waals surface area contributed by atoms with Gasteiger partial charge in [0.1, 0.15) is 73.2 Å². The van der Waals surface area contributed by atoms with Crippen molar-refractivity contribution in [1.82, 2.24) is 5.32 Å². The van der Waals surface area contributed by atoms with Crippen LogP contribution in [0.25, 0.3) is 0 Å². The van der Waals surface area contributed by atoms with Crippen LogP contribution in [0.4, 0.5) is 0 Å². The molecule has 19 heteroatoms. The van der Waals surface area contributed by atoms with Crippen molar-refractivity contribution in [2.45, 2.75) is 452 Å². The van der Waals surface area contributed by atoms with E-state index < -0.39 is 124 Å². The monoisotopic (exact) mass is 1390 g/mol. The highest BCUT2D eigenvalue weighted by molar-refractivity contribution is 5.76. The first-order valence-corrected chi connectivity index (χ1v) is 40.4. The number of carbonyl (C=O) groups excluding carboxylic acids is 1. The van der Waals surface area contributed by atoms with Crippen molar-refractivity contribution in [3.05, 3.63) is 12.2 Å². The van der Waals surface area contributed by atoms with Gasteiger partial charge in [-0.2, -0.15) is 0 Å². The van der Waals surface area contributed by atoms with E-state index in [1.807, 2.05) is 0 Å². The third kappa shape index (κ3) is 40.4. The van der Waals surface area contributed by atoms with Crippen LogP contribution in [-0.4, -0.2) is 193 Å². The molecule has 0 aromatic heterocycles. The molecular weight excluding hydrogens is 1240 g/mol. The highest BCUT2D eigenvalue weighted by Gasteiger charge is 2.54. The van der Waals surface area contributed by atoms with Gasteiger partial charge in [0, 0.05) is 6.42 Å². The fraction of sp³-hybridized carbons (Fsp3) is 0.962. The predicted octanol–water partition coefficient (Wildman–Crippen LogP) is 13.2. The average molecular weight is 1390 g/mol. The van der Waals surface area contributed by atoms with Crippen molar-refractivity contribution >= 4 is 5.91 Å². The lowest BCUT2D eigenvalue weighted by Gasteiger charge is -2.48. The zero-order valence-corrected chi connectivity index (χ0v) is 61.3. The highest BCUT2D eigenvalue weighted by Crippen LogP contribution is 2.33. The van der Waals surface area contributed by atoms with Crippen LogP contribution < -0.4 is 5.32 Å². The number of hydrogen-bond acceptors (Lipinski definition) is 18. The molecule has 0 aliphatic carbocycles. The molecule has 0 aromatic carbocycles. The normalized spacial score (nSPS) is 26.9. The Morgan fingerprint density at radius 2 is 0.649 bits per heavy atom. The molecular formula is C78H149NO18. The van der Waals surface area contributed by atoms with Crippen LogP contribution >= 0.6 is 0 Å². The molecule has 3 aliphatic rings. The second-order valence-corrected chi connectivity index (χ2v) is 29.2. The molecule has 19 nitrogen and oxygen atoms in total. The molecule has 17 unspecified atom stereocenters. The predicted molar refractivity (Wildman–Crippen MR) is 383 cm³/mol. The van der Waals surface area contributed by atoms with E-state index in [1.165, 1.54) is 270 Å². The quantitative estimate of drug-likeness (QED) is 0.0199. The second kappa shape index (κ2) is 59.9. The topological polar surface area (TPSA) is 307 Å². The van der Waals surface area contributed by atoms with Gasteiger partial charge in [-0.05, 0) is 38.5 Å². The number of unbranched alkanes of at least 4 members (excludes halogenated alkanes) is 47. The van der Waals surface area contributed by atoms with Crippen LogP contribution in [0, 0.1) is 0 Å². The minimum Gasteiger partial charge on any atom is -0.394 e. The fourth-order valence-electron chi connectivity index (χ4n) is 14.1. The lowest BCUT2D eigenvalue weighted by molar-refractivity contribution is -0.379. The van der Waals surface area contributed by atoms with Crippen LogP contribution in [0.5, 0.6) is 0 Å². The van der Waals surface area contributed by atoms with Crippen molar-refractivity contribution in [3.8, 4) is 0 Å². The van der Waals surface area contributed by atoms with Crippen LogP contribution in [-0.2, 0) is 33.2 Å². The van der Waals surface area contributed by atoms with Gasteiger partial charge >= 0.3 is 0 Å². The van der Waals surface area contributed by atoms with Crippen molar-refractivity contribution in [1.29, 1.82) is 0 Å². The molecule has 0 aromatic rings. The van der Waals surface area contributed by atoms with Gasteiger partial charge in [0.15, 0.2) is 18.9 Å². The standard InChI is InChI=1S/C78H149NO18/c1-3-5-7-9-11-13-15-17-18-19-20-21-22-23-24-25-26-27-28-29-30-31-32-33-34-35-36-37-38-39-40-41-42-44-46-48-50-52-54-56-66(84)79-61(62(83)55-53-51-49-47-45-43-16-14-12-10-8-6-4-2)60-92-76-72(90)69(87)74(64(58-81)94-76)97-78-73(91)70(88)75(65(59-82)95-78)96-77-71(89)68(86)67(85)63(57-80)93-77/h19-20,61-65,67-78,80-83,85-91H,3-18,21-60H2,1-2H3,(H,79,84)/b20-19-. The van der Waals surface area contributed by atoms with Crippen molar-refractivity contribution in [3.63, 3.8) is 0 Å². The van der Waals surface area contributed by atoms with Gasteiger partial charge in [0.05, 0.1) is 38.6 Å². The minimum absolute atomic E-state index is 0.236. The van der Waals surface area contributed by atoms with Gasteiger partial charge < -0.3 is 89.9 Å². The van der Waals surface area contributed by atoms with E-state index in [0.717, 1.165) is 44.9 Å². The molecule has 3 aliphatic heterocycles. The molecule has 3 heterocycles. The Labute approximate surface area is 588 Å². The van der Waals surface area contributed by atoms with Gasteiger partial charge in [0.25, 0.3) is 0 Å². The van der Waals surface area contributed by atoms with Crippen LogP contribution in [0.3, 0.4) is 0 Å². The molecule has 0 saturated carbocycles. The smallest absolute Gasteiger partial charge is 0.220 e. The van der Waals surface area contributed by atoms with Crippen LogP contribution in [0.15, 0.2) is 12.2 Å². The van der Waals surface area contributed by atoms with E-state index in [0.29, 0.717) is 12.8 Å². The molecule has 0 spiro atoms. The van der Waals surface area contributed by atoms with Gasteiger partial charge in [0.2, 0.25) is 5.91 Å². The SMILES string of the molecule is CCCCCCCCCC/C=C\CCCCCCCCCCCCCCCCCCCCCCCCCCCCCC(=O)NC(COC1OC(CO)C(OC2OC(CO)C(OC3OC(CO)C(O)C(O)C3O)C(O)C2O)C(O)C1O)C(O)CCCCCCCCCCCCCCC. The largest absolute Gasteiger partial charge is 0.394 e. The average Bonchev–Trinajstić information content (AvgIpc) is 0.809. The van der Waals surface area contributed by atoms with Gasteiger partial charge in [-0.3, -0.25) is 4.79 Å². The molecule has 97 heavy (non-hydrogen) atoms. The summed E-state index contributed by atoms with van der Waals surface area (Å²) in [6, 6.07) is -0.883. The third-order valence-electron chi connectivity index (χ3n) is 20.6. The van der Waals surface area contributed by atoms with E-state index in [-0.39, 0.29) is 18.9 Å². The Morgan fingerprint density at radius 1 is 0.361 bits per heavy atom. The van der Waals surface area contributed by atoms with Crippen molar-refractivity contribution in [2.75, 3.05) is 26.4 Å². The number of ether oxygens (including phenoxy) is 6. The second-order valence-electron chi connectivity index (χ2n) is 29.2. The Kier molecular flexibility index (Phi) is 55.4. The summed E-state index contributed by atoms with van der Waals surface area (Å²) in [5.41, 5.74) is 0.